The quantitative estimate of drug-likeness (QED) is 0.561. The van der Waals surface area contributed by atoms with Gasteiger partial charge in [-0.15, -0.1) is 0 Å². The third-order valence-corrected chi connectivity index (χ3v) is 3.88. The summed E-state index contributed by atoms with van der Waals surface area (Å²) in [7, 11) is 2.09. The fourth-order valence-electron chi connectivity index (χ4n) is 1.70. The van der Waals surface area contributed by atoms with Crippen molar-refractivity contribution in [3.63, 3.8) is 0 Å². The summed E-state index contributed by atoms with van der Waals surface area (Å²) < 4.78 is 3.54. The van der Waals surface area contributed by atoms with Crippen LogP contribution in [0.25, 0.3) is 10.2 Å². The predicted octanol–water partition coefficient (Wildman–Crippen LogP) is -0.957. The molecule has 1 heterocycles. The van der Waals surface area contributed by atoms with Gasteiger partial charge in [-0.1, -0.05) is 23.5 Å². The topological polar surface area (TPSA) is 24.1 Å². The minimum atomic E-state index is -0.213. The van der Waals surface area contributed by atoms with Crippen molar-refractivity contribution in [2.24, 2.45) is 7.05 Å². The number of aromatic nitrogens is 1. The zero-order valence-corrected chi connectivity index (χ0v) is 12.5. The van der Waals surface area contributed by atoms with Gasteiger partial charge in [-0.3, -0.25) is 0 Å². The van der Waals surface area contributed by atoms with E-state index in [1.54, 1.807) is 0 Å². The number of aliphatic hydroxyl groups excluding tert-OH is 1. The summed E-state index contributed by atoms with van der Waals surface area (Å²) in [4.78, 5) is 0. The van der Waals surface area contributed by atoms with E-state index in [0.29, 0.717) is 0 Å². The molecule has 1 aromatic heterocycles. The fourth-order valence-corrected chi connectivity index (χ4v) is 2.87. The first-order chi connectivity index (χ1) is 7.18. The van der Waals surface area contributed by atoms with Crippen molar-refractivity contribution in [3.8, 4) is 0 Å². The lowest BCUT2D eigenvalue weighted by molar-refractivity contribution is -0.648. The van der Waals surface area contributed by atoms with E-state index in [4.69, 9.17) is 0 Å². The molecule has 0 fully saturated rings. The summed E-state index contributed by atoms with van der Waals surface area (Å²) in [6, 6.07) is 8.41. The number of rotatable bonds is 3. The first-order valence-corrected chi connectivity index (χ1v) is 6.04. The third-order valence-electron chi connectivity index (χ3n) is 2.60. The van der Waals surface area contributed by atoms with Crippen LogP contribution < -0.4 is 28.5 Å². The molecule has 0 radical (unpaired) electrons. The highest BCUT2D eigenvalue weighted by molar-refractivity contribution is 7.18. The zero-order chi connectivity index (χ0) is 10.8. The Bertz CT molecular complexity index is 467. The summed E-state index contributed by atoms with van der Waals surface area (Å²) in [5.74, 6) is 0. The molecule has 2 rings (SSSR count). The average Bonchev–Trinajstić information content (AvgIpc) is 2.54. The number of nitrogens with zero attached hydrogens (tertiary/aromatic N) is 1. The second kappa shape index (κ2) is 5.93. The monoisotopic (exact) mass is 349 g/mol. The highest BCUT2D eigenvalue weighted by Crippen LogP contribution is 2.20. The molecule has 16 heavy (non-hydrogen) atoms. The number of benzene rings is 1. The summed E-state index contributed by atoms with van der Waals surface area (Å²) in [6.45, 7) is 1.84. The molecule has 0 bridgehead atoms. The molecule has 1 atom stereocenters. The zero-order valence-electron chi connectivity index (χ0n) is 9.48. The second-order valence-electron chi connectivity index (χ2n) is 3.91. The van der Waals surface area contributed by atoms with Crippen LogP contribution in [0.5, 0.6) is 0 Å². The minimum absolute atomic E-state index is 0. The van der Waals surface area contributed by atoms with E-state index >= 15 is 0 Å². The van der Waals surface area contributed by atoms with Gasteiger partial charge in [0.1, 0.15) is 11.7 Å². The van der Waals surface area contributed by atoms with Crippen molar-refractivity contribution in [1.82, 2.24) is 0 Å². The molecular formula is C12H16INOS. The molecule has 0 aliphatic carbocycles. The molecule has 1 N–H and O–H groups in total. The van der Waals surface area contributed by atoms with Gasteiger partial charge in [0.25, 0.3) is 0 Å². The van der Waals surface area contributed by atoms with Gasteiger partial charge in [-0.05, 0) is 19.4 Å². The van der Waals surface area contributed by atoms with Gasteiger partial charge in [0, 0.05) is 12.5 Å². The first-order valence-electron chi connectivity index (χ1n) is 5.23. The molecule has 0 amide bonds. The number of fused-ring (bicyclic) bond motifs is 1. The van der Waals surface area contributed by atoms with Crippen molar-refractivity contribution >= 4 is 21.6 Å². The highest BCUT2D eigenvalue weighted by atomic mass is 127. The fraction of sp³-hybridized carbons (Fsp3) is 0.417. The van der Waals surface area contributed by atoms with Gasteiger partial charge < -0.3 is 29.1 Å². The van der Waals surface area contributed by atoms with Crippen molar-refractivity contribution in [2.75, 3.05) is 0 Å². The molecule has 88 valence electrons. The van der Waals surface area contributed by atoms with Gasteiger partial charge in [0.2, 0.25) is 10.5 Å². The lowest BCUT2D eigenvalue weighted by Crippen LogP contribution is -3.00. The van der Waals surface area contributed by atoms with Crippen LogP contribution in [-0.2, 0) is 13.5 Å². The van der Waals surface area contributed by atoms with Gasteiger partial charge in [0.15, 0.2) is 0 Å². The molecule has 4 heteroatoms. The summed E-state index contributed by atoms with van der Waals surface area (Å²) in [5.41, 5.74) is 1.28. The lowest BCUT2D eigenvalue weighted by Gasteiger charge is -1.98. The Labute approximate surface area is 117 Å². The van der Waals surface area contributed by atoms with Crippen LogP contribution >= 0.6 is 11.3 Å². The van der Waals surface area contributed by atoms with E-state index in [9.17, 15) is 5.11 Å². The number of para-hydroxylation sites is 1. The normalized spacial score (nSPS) is 12.4. The second-order valence-corrected chi connectivity index (χ2v) is 5.03. The van der Waals surface area contributed by atoms with Crippen LogP contribution in [0, 0.1) is 0 Å². The van der Waals surface area contributed by atoms with Crippen LogP contribution in [0.4, 0.5) is 0 Å². The Balaban J connectivity index is 0.00000128. The smallest absolute Gasteiger partial charge is 0.238 e. The molecule has 2 nitrogen and oxygen atoms in total. The first kappa shape index (κ1) is 13.9. The Kier molecular flexibility index (Phi) is 5.14. The van der Waals surface area contributed by atoms with Crippen molar-refractivity contribution in [3.05, 3.63) is 29.3 Å². The number of hydrogen-bond acceptors (Lipinski definition) is 2. The van der Waals surface area contributed by atoms with Gasteiger partial charge in [0.05, 0.1) is 6.10 Å². The van der Waals surface area contributed by atoms with E-state index in [1.807, 2.05) is 18.3 Å². The van der Waals surface area contributed by atoms with Gasteiger partial charge in [-0.2, -0.15) is 4.57 Å². The largest absolute Gasteiger partial charge is 1.00 e. The van der Waals surface area contributed by atoms with Crippen molar-refractivity contribution in [1.29, 1.82) is 0 Å². The van der Waals surface area contributed by atoms with E-state index < -0.39 is 0 Å². The Morgan fingerprint density at radius 1 is 1.38 bits per heavy atom. The van der Waals surface area contributed by atoms with E-state index in [2.05, 4.69) is 35.9 Å². The summed E-state index contributed by atoms with van der Waals surface area (Å²) >= 11 is 1.82. The number of hydrogen-bond donors (Lipinski definition) is 1. The summed E-state index contributed by atoms with van der Waals surface area (Å²) in [5, 5.41) is 10.6. The molecule has 1 aromatic carbocycles. The molecule has 0 saturated carbocycles. The Morgan fingerprint density at radius 3 is 2.69 bits per heavy atom. The van der Waals surface area contributed by atoms with Crippen LogP contribution in [-0.4, -0.2) is 11.2 Å². The van der Waals surface area contributed by atoms with Gasteiger partial charge >= 0.3 is 0 Å². The number of thiazole rings is 1. The SMILES string of the molecule is CC(O)CCc1sc2ccccc2[n+]1C.[I-]. The minimum Gasteiger partial charge on any atom is -1.00 e. The van der Waals surface area contributed by atoms with E-state index in [0.717, 1.165) is 12.8 Å². The molecule has 2 aromatic rings. The molecule has 1 unspecified atom stereocenters. The number of aliphatic hydroxyl groups is 1. The molecule has 0 saturated heterocycles. The van der Waals surface area contributed by atoms with Crippen molar-refractivity contribution < 1.29 is 33.7 Å². The van der Waals surface area contributed by atoms with Crippen LogP contribution in [0.3, 0.4) is 0 Å². The standard InChI is InChI=1S/C12H16NOS.HI/c1-9(14)7-8-12-13(2)10-5-3-4-6-11(10)15-12;/h3-6,9,14H,7-8H2,1-2H3;1H/q+1;/p-1. The maximum absolute atomic E-state index is 9.27. The molecular weight excluding hydrogens is 333 g/mol. The molecule has 0 aliphatic rings. The van der Waals surface area contributed by atoms with E-state index in [1.165, 1.54) is 15.2 Å². The van der Waals surface area contributed by atoms with Crippen LogP contribution in [0.2, 0.25) is 0 Å². The molecule has 0 aliphatic heterocycles. The lowest BCUT2D eigenvalue weighted by atomic mass is 10.2. The number of halogens is 1. The van der Waals surface area contributed by atoms with Crippen LogP contribution in [0.1, 0.15) is 18.4 Å². The average molecular weight is 349 g/mol. The Hall–Kier alpha value is -0.200. The van der Waals surface area contributed by atoms with Crippen molar-refractivity contribution in [2.45, 2.75) is 25.9 Å². The molecule has 0 spiro atoms. The number of aryl methyl sites for hydroxylation is 2. The van der Waals surface area contributed by atoms with E-state index in [-0.39, 0.29) is 30.1 Å². The Morgan fingerprint density at radius 2 is 2.06 bits per heavy atom. The highest BCUT2D eigenvalue weighted by Gasteiger charge is 2.16. The van der Waals surface area contributed by atoms with Crippen LogP contribution in [0.15, 0.2) is 24.3 Å². The third kappa shape index (κ3) is 2.93. The predicted molar refractivity (Wildman–Crippen MR) is 63.0 cm³/mol. The maximum Gasteiger partial charge on any atom is 0.238 e. The maximum atomic E-state index is 9.27. The van der Waals surface area contributed by atoms with Gasteiger partial charge in [-0.25, -0.2) is 0 Å². The summed E-state index contributed by atoms with van der Waals surface area (Å²) in [6.07, 6.45) is 1.57.